The summed E-state index contributed by atoms with van der Waals surface area (Å²) >= 11 is 0.934. The maximum absolute atomic E-state index is 12.5. The van der Waals surface area contributed by atoms with Gasteiger partial charge in [0.1, 0.15) is 0 Å². The number of amidine groups is 1. The van der Waals surface area contributed by atoms with Crippen LogP contribution in [-0.2, 0) is 14.8 Å². The van der Waals surface area contributed by atoms with E-state index in [1.807, 2.05) is 6.92 Å². The van der Waals surface area contributed by atoms with E-state index in [1.54, 1.807) is 30.3 Å². The van der Waals surface area contributed by atoms with E-state index in [1.165, 1.54) is 33.5 Å². The lowest BCUT2D eigenvalue weighted by atomic mass is 10.1. The lowest BCUT2D eigenvalue weighted by Crippen LogP contribution is -2.20. The molecule has 2 aromatic carbocycles. The molecule has 3 rings (SSSR count). The van der Waals surface area contributed by atoms with Crippen molar-refractivity contribution in [1.29, 1.82) is 0 Å². The van der Waals surface area contributed by atoms with E-state index in [-0.39, 0.29) is 15.0 Å². The third-order valence-corrected chi connectivity index (χ3v) is 6.47. The van der Waals surface area contributed by atoms with Gasteiger partial charge in [-0.05, 0) is 54.6 Å². The van der Waals surface area contributed by atoms with Crippen LogP contribution in [0.5, 0.6) is 17.2 Å². The Morgan fingerprint density at radius 2 is 1.60 bits per heavy atom. The van der Waals surface area contributed by atoms with Gasteiger partial charge in [-0.3, -0.25) is 10.1 Å². The van der Waals surface area contributed by atoms with Gasteiger partial charge >= 0.3 is 0 Å². The van der Waals surface area contributed by atoms with E-state index in [9.17, 15) is 13.2 Å². The average molecular weight is 449 g/mol. The standard InChI is InChI=1S/C20H20N2O6S2/c1-12-5-7-14(8-6-12)30(24,25)22-20-21-19(23)17(29-20)11-13-9-15(26-2)18(28-4)16(10-13)27-3/h5-11H,1-4H3,(H,21,22,23)/b17-11+. The molecular formula is C20H20N2O6S2. The first-order valence-electron chi connectivity index (χ1n) is 8.70. The number of thioether (sulfide) groups is 1. The molecule has 2 aromatic rings. The van der Waals surface area contributed by atoms with E-state index in [0.717, 1.165) is 17.3 Å². The molecule has 0 atom stereocenters. The average Bonchev–Trinajstić information content (AvgIpc) is 3.05. The molecule has 0 aromatic heterocycles. The SMILES string of the molecule is COc1cc(/C=C2/SC(=NS(=O)(=O)c3ccc(C)cc3)NC2=O)cc(OC)c1OC. The van der Waals surface area contributed by atoms with Gasteiger partial charge in [0.2, 0.25) is 5.75 Å². The molecule has 8 nitrogen and oxygen atoms in total. The Morgan fingerprint density at radius 1 is 1.00 bits per heavy atom. The van der Waals surface area contributed by atoms with Crippen molar-refractivity contribution in [3.8, 4) is 17.2 Å². The normalized spacial score (nSPS) is 16.6. The number of nitrogens with one attached hydrogen (secondary N) is 1. The Labute approximate surface area is 179 Å². The van der Waals surface area contributed by atoms with Gasteiger partial charge in [0.15, 0.2) is 16.7 Å². The first-order valence-corrected chi connectivity index (χ1v) is 11.0. The molecule has 1 aliphatic rings. The number of nitrogens with zero attached hydrogens (tertiary/aromatic N) is 1. The maximum atomic E-state index is 12.5. The third kappa shape index (κ3) is 4.60. The molecular weight excluding hydrogens is 428 g/mol. The van der Waals surface area contributed by atoms with Crippen LogP contribution < -0.4 is 19.5 Å². The zero-order valence-corrected chi connectivity index (χ0v) is 18.4. The number of rotatable bonds is 6. The summed E-state index contributed by atoms with van der Waals surface area (Å²) in [6, 6.07) is 9.68. The summed E-state index contributed by atoms with van der Waals surface area (Å²) in [6.45, 7) is 1.86. The molecule has 0 radical (unpaired) electrons. The summed E-state index contributed by atoms with van der Waals surface area (Å²) < 4.78 is 44.6. The van der Waals surface area contributed by atoms with Gasteiger partial charge in [-0.2, -0.15) is 8.42 Å². The predicted octanol–water partition coefficient (Wildman–Crippen LogP) is 2.97. The Kier molecular flexibility index (Phi) is 6.37. The molecule has 1 amide bonds. The number of hydrogen-bond acceptors (Lipinski definition) is 7. The largest absolute Gasteiger partial charge is 0.493 e. The van der Waals surface area contributed by atoms with Crippen LogP contribution in [0.15, 0.2) is 50.6 Å². The number of amides is 1. The van der Waals surface area contributed by atoms with Crippen LogP contribution in [-0.4, -0.2) is 40.8 Å². The molecule has 1 N–H and O–H groups in total. The van der Waals surface area contributed by atoms with Crippen molar-refractivity contribution in [1.82, 2.24) is 5.32 Å². The van der Waals surface area contributed by atoms with Crippen molar-refractivity contribution in [2.45, 2.75) is 11.8 Å². The fourth-order valence-electron chi connectivity index (χ4n) is 2.68. The fraction of sp³-hybridized carbons (Fsp3) is 0.200. The van der Waals surface area contributed by atoms with E-state index < -0.39 is 15.9 Å². The molecule has 0 spiro atoms. The fourth-order valence-corrected chi connectivity index (χ4v) is 4.66. The molecule has 10 heteroatoms. The van der Waals surface area contributed by atoms with Gasteiger partial charge in [-0.25, -0.2) is 0 Å². The predicted molar refractivity (Wildman–Crippen MR) is 116 cm³/mol. The van der Waals surface area contributed by atoms with E-state index in [0.29, 0.717) is 22.8 Å². The second kappa shape index (κ2) is 8.80. The molecule has 158 valence electrons. The number of hydrogen-bond donors (Lipinski definition) is 1. The molecule has 1 heterocycles. The maximum Gasteiger partial charge on any atom is 0.284 e. The van der Waals surface area contributed by atoms with Crippen LogP contribution in [0.3, 0.4) is 0 Å². The van der Waals surface area contributed by atoms with Gasteiger partial charge in [-0.1, -0.05) is 17.7 Å². The van der Waals surface area contributed by atoms with Crippen LogP contribution in [0.2, 0.25) is 0 Å². The van der Waals surface area contributed by atoms with Crippen molar-refractivity contribution in [2.24, 2.45) is 4.40 Å². The summed E-state index contributed by atoms with van der Waals surface area (Å²) in [6.07, 6.45) is 1.59. The van der Waals surface area contributed by atoms with Crippen LogP contribution in [0.4, 0.5) is 0 Å². The molecule has 0 bridgehead atoms. The summed E-state index contributed by atoms with van der Waals surface area (Å²) in [4.78, 5) is 12.7. The van der Waals surface area contributed by atoms with Crippen LogP contribution >= 0.6 is 11.8 Å². The van der Waals surface area contributed by atoms with Crippen molar-refractivity contribution >= 4 is 38.9 Å². The molecule has 1 saturated heterocycles. The number of benzene rings is 2. The highest BCUT2D eigenvalue weighted by Gasteiger charge is 2.27. The molecule has 0 unspecified atom stereocenters. The molecule has 0 aliphatic carbocycles. The second-order valence-electron chi connectivity index (χ2n) is 6.21. The highest BCUT2D eigenvalue weighted by Crippen LogP contribution is 2.39. The smallest absolute Gasteiger partial charge is 0.284 e. The van der Waals surface area contributed by atoms with Crippen LogP contribution in [0.25, 0.3) is 6.08 Å². The van der Waals surface area contributed by atoms with Crippen molar-refractivity contribution < 1.29 is 27.4 Å². The number of carbonyl (C=O) groups excluding carboxylic acids is 1. The zero-order valence-electron chi connectivity index (χ0n) is 16.8. The van der Waals surface area contributed by atoms with Crippen molar-refractivity contribution in [3.63, 3.8) is 0 Å². The van der Waals surface area contributed by atoms with E-state index in [2.05, 4.69) is 9.71 Å². The van der Waals surface area contributed by atoms with Gasteiger partial charge in [-0.15, -0.1) is 4.40 Å². The molecule has 1 aliphatic heterocycles. The first kappa shape index (κ1) is 21.7. The Balaban J connectivity index is 1.91. The Bertz CT molecular complexity index is 1110. The summed E-state index contributed by atoms with van der Waals surface area (Å²) in [5.74, 6) is 0.842. The van der Waals surface area contributed by atoms with Gasteiger partial charge in [0, 0.05) is 0 Å². The minimum atomic E-state index is -3.94. The van der Waals surface area contributed by atoms with Gasteiger partial charge in [0.25, 0.3) is 15.9 Å². The van der Waals surface area contributed by atoms with Crippen molar-refractivity contribution in [2.75, 3.05) is 21.3 Å². The summed E-state index contributed by atoms with van der Waals surface area (Å²) in [5, 5.41) is 2.47. The van der Waals surface area contributed by atoms with Gasteiger partial charge < -0.3 is 14.2 Å². The van der Waals surface area contributed by atoms with Crippen LogP contribution in [0, 0.1) is 6.92 Å². The Hall–Kier alpha value is -2.98. The topological polar surface area (TPSA) is 103 Å². The number of aryl methyl sites for hydroxylation is 1. The monoisotopic (exact) mass is 448 g/mol. The highest BCUT2D eigenvalue weighted by molar-refractivity contribution is 8.19. The number of ether oxygens (including phenoxy) is 3. The summed E-state index contributed by atoms with van der Waals surface area (Å²) in [7, 11) is 0.538. The van der Waals surface area contributed by atoms with Crippen molar-refractivity contribution in [3.05, 3.63) is 52.4 Å². The lowest BCUT2D eigenvalue weighted by molar-refractivity contribution is -0.115. The number of sulfonamides is 1. The number of carbonyl (C=O) groups is 1. The first-order chi connectivity index (χ1) is 14.3. The Morgan fingerprint density at radius 3 is 2.13 bits per heavy atom. The van der Waals surface area contributed by atoms with E-state index >= 15 is 0 Å². The quantitative estimate of drug-likeness (QED) is 0.678. The second-order valence-corrected chi connectivity index (χ2v) is 8.84. The zero-order chi connectivity index (χ0) is 21.9. The molecule has 1 fully saturated rings. The number of methoxy groups -OCH3 is 3. The molecule has 30 heavy (non-hydrogen) atoms. The highest BCUT2D eigenvalue weighted by atomic mass is 32.2. The summed E-state index contributed by atoms with van der Waals surface area (Å²) in [5.41, 5.74) is 1.55. The van der Waals surface area contributed by atoms with Gasteiger partial charge in [0.05, 0.1) is 31.1 Å². The third-order valence-electron chi connectivity index (χ3n) is 4.16. The minimum Gasteiger partial charge on any atom is -0.493 e. The van der Waals surface area contributed by atoms with E-state index in [4.69, 9.17) is 14.2 Å². The van der Waals surface area contributed by atoms with Crippen LogP contribution in [0.1, 0.15) is 11.1 Å². The minimum absolute atomic E-state index is 0.0146. The lowest BCUT2D eigenvalue weighted by Gasteiger charge is -2.12. The molecule has 0 saturated carbocycles.